The highest BCUT2D eigenvalue weighted by molar-refractivity contribution is 6.05. The van der Waals surface area contributed by atoms with Gasteiger partial charge in [-0.2, -0.15) is 0 Å². The standard InChI is InChI=1S/C25H22N4O2/c1-17-11-13-19(14-12-17)26-23(30)15-22-24(31)28(16-18-7-3-2-4-8-18)25-27-20-9-5-6-10-21(20)29(22)25/h2-14,22H,15-16H2,1H3,(H,26,30). The van der Waals surface area contributed by atoms with Gasteiger partial charge in [-0.25, -0.2) is 4.98 Å². The van der Waals surface area contributed by atoms with Crippen LogP contribution in [0.25, 0.3) is 11.0 Å². The van der Waals surface area contributed by atoms with Crippen molar-refractivity contribution >= 4 is 34.5 Å². The monoisotopic (exact) mass is 410 g/mol. The molecule has 0 saturated heterocycles. The van der Waals surface area contributed by atoms with Crippen LogP contribution in [0, 0.1) is 6.92 Å². The molecule has 1 N–H and O–H groups in total. The molecule has 31 heavy (non-hydrogen) atoms. The molecule has 1 unspecified atom stereocenters. The highest BCUT2D eigenvalue weighted by atomic mass is 16.2. The van der Waals surface area contributed by atoms with E-state index in [-0.39, 0.29) is 18.2 Å². The molecule has 2 heterocycles. The molecule has 4 aromatic rings. The number of carbonyl (C=O) groups excluding carboxylic acids is 2. The summed E-state index contributed by atoms with van der Waals surface area (Å²) in [6.45, 7) is 2.41. The van der Waals surface area contributed by atoms with Gasteiger partial charge in [0.05, 0.1) is 24.0 Å². The van der Waals surface area contributed by atoms with Crippen LogP contribution in [0.1, 0.15) is 23.6 Å². The van der Waals surface area contributed by atoms with E-state index >= 15 is 0 Å². The maximum atomic E-state index is 13.4. The van der Waals surface area contributed by atoms with Crippen LogP contribution in [0.15, 0.2) is 78.9 Å². The first-order chi connectivity index (χ1) is 15.1. The summed E-state index contributed by atoms with van der Waals surface area (Å²) in [4.78, 5) is 32.6. The fourth-order valence-electron chi connectivity index (χ4n) is 4.04. The Morgan fingerprint density at radius 1 is 0.968 bits per heavy atom. The van der Waals surface area contributed by atoms with E-state index in [0.29, 0.717) is 12.5 Å². The number of fused-ring (bicyclic) bond motifs is 3. The predicted octanol–water partition coefficient (Wildman–Crippen LogP) is 4.46. The van der Waals surface area contributed by atoms with Crippen LogP contribution in [-0.2, 0) is 16.1 Å². The van der Waals surface area contributed by atoms with E-state index < -0.39 is 6.04 Å². The third kappa shape index (κ3) is 3.57. The number of hydrogen-bond donors (Lipinski definition) is 1. The highest BCUT2D eigenvalue weighted by Crippen LogP contribution is 2.37. The lowest BCUT2D eigenvalue weighted by atomic mass is 10.1. The second kappa shape index (κ2) is 7.72. The SMILES string of the molecule is Cc1ccc(NC(=O)CC2C(=O)N(Cc3ccccc3)c3nc4ccccc4n32)cc1. The largest absolute Gasteiger partial charge is 0.326 e. The van der Waals surface area contributed by atoms with Gasteiger partial charge >= 0.3 is 0 Å². The van der Waals surface area contributed by atoms with Crippen molar-refractivity contribution in [3.05, 3.63) is 90.0 Å². The van der Waals surface area contributed by atoms with Crippen LogP contribution >= 0.6 is 0 Å². The van der Waals surface area contributed by atoms with Gasteiger partial charge in [0.15, 0.2) is 0 Å². The van der Waals surface area contributed by atoms with E-state index in [1.165, 1.54) is 0 Å². The summed E-state index contributed by atoms with van der Waals surface area (Å²) in [5.74, 6) is 0.270. The number of nitrogens with one attached hydrogen (secondary N) is 1. The molecule has 1 aliphatic rings. The average molecular weight is 410 g/mol. The van der Waals surface area contributed by atoms with E-state index in [1.54, 1.807) is 4.90 Å². The molecular weight excluding hydrogens is 388 g/mol. The van der Waals surface area contributed by atoms with E-state index in [4.69, 9.17) is 4.98 Å². The molecule has 0 spiro atoms. The van der Waals surface area contributed by atoms with Gasteiger partial charge in [0.25, 0.3) is 5.91 Å². The Hall–Kier alpha value is -3.93. The van der Waals surface area contributed by atoms with Gasteiger partial charge in [0.2, 0.25) is 11.9 Å². The van der Waals surface area contributed by atoms with Gasteiger partial charge in [-0.05, 0) is 36.8 Å². The zero-order chi connectivity index (χ0) is 21.4. The molecule has 0 bridgehead atoms. The quantitative estimate of drug-likeness (QED) is 0.528. The zero-order valence-corrected chi connectivity index (χ0v) is 17.2. The van der Waals surface area contributed by atoms with Crippen molar-refractivity contribution < 1.29 is 9.59 Å². The van der Waals surface area contributed by atoms with Crippen molar-refractivity contribution in [3.63, 3.8) is 0 Å². The van der Waals surface area contributed by atoms with Crippen LogP contribution in [-0.4, -0.2) is 21.4 Å². The number of para-hydroxylation sites is 2. The van der Waals surface area contributed by atoms with Crippen molar-refractivity contribution in [2.75, 3.05) is 10.2 Å². The summed E-state index contributed by atoms with van der Waals surface area (Å²) < 4.78 is 1.90. The summed E-state index contributed by atoms with van der Waals surface area (Å²) >= 11 is 0. The minimum atomic E-state index is -0.628. The van der Waals surface area contributed by atoms with Crippen molar-refractivity contribution in [3.8, 4) is 0 Å². The fourth-order valence-corrected chi connectivity index (χ4v) is 4.04. The Kier molecular flexibility index (Phi) is 4.75. The Morgan fingerprint density at radius 3 is 2.45 bits per heavy atom. The minimum Gasteiger partial charge on any atom is -0.326 e. The van der Waals surface area contributed by atoms with Crippen LogP contribution in [0.2, 0.25) is 0 Å². The number of rotatable bonds is 5. The highest BCUT2D eigenvalue weighted by Gasteiger charge is 2.40. The molecule has 6 nitrogen and oxygen atoms in total. The van der Waals surface area contributed by atoms with Crippen molar-refractivity contribution in [2.45, 2.75) is 25.9 Å². The van der Waals surface area contributed by atoms with Gasteiger partial charge in [-0.3, -0.25) is 19.1 Å². The molecule has 2 amide bonds. The second-order valence-electron chi connectivity index (χ2n) is 7.81. The summed E-state index contributed by atoms with van der Waals surface area (Å²) in [6, 6.07) is 24.5. The lowest BCUT2D eigenvalue weighted by Gasteiger charge is -2.16. The van der Waals surface area contributed by atoms with Crippen molar-refractivity contribution in [2.24, 2.45) is 0 Å². The summed E-state index contributed by atoms with van der Waals surface area (Å²) in [7, 11) is 0. The summed E-state index contributed by atoms with van der Waals surface area (Å²) in [6.07, 6.45) is 0.0470. The smallest absolute Gasteiger partial charge is 0.253 e. The lowest BCUT2D eigenvalue weighted by molar-refractivity contribution is -0.124. The van der Waals surface area contributed by atoms with Crippen LogP contribution in [0.3, 0.4) is 0 Å². The molecule has 1 aliphatic heterocycles. The molecule has 0 radical (unpaired) electrons. The Balaban J connectivity index is 1.46. The number of hydrogen-bond acceptors (Lipinski definition) is 3. The molecule has 5 rings (SSSR count). The lowest BCUT2D eigenvalue weighted by Crippen LogP contribution is -2.31. The Bertz CT molecular complexity index is 1260. The minimum absolute atomic E-state index is 0.0470. The molecule has 6 heteroatoms. The molecule has 0 fully saturated rings. The maximum Gasteiger partial charge on any atom is 0.253 e. The van der Waals surface area contributed by atoms with Gasteiger partial charge in [0.1, 0.15) is 6.04 Å². The third-order valence-electron chi connectivity index (χ3n) is 5.58. The van der Waals surface area contributed by atoms with E-state index in [2.05, 4.69) is 5.32 Å². The molecule has 3 aromatic carbocycles. The fraction of sp³-hybridized carbons (Fsp3) is 0.160. The van der Waals surface area contributed by atoms with Gasteiger partial charge < -0.3 is 5.32 Å². The van der Waals surface area contributed by atoms with Crippen LogP contribution in [0.4, 0.5) is 11.6 Å². The van der Waals surface area contributed by atoms with Crippen LogP contribution < -0.4 is 10.2 Å². The maximum absolute atomic E-state index is 13.4. The normalized spacial score (nSPS) is 15.3. The Morgan fingerprint density at radius 2 is 1.68 bits per heavy atom. The summed E-state index contributed by atoms with van der Waals surface area (Å²) in [5, 5.41) is 2.91. The van der Waals surface area contributed by atoms with Gasteiger partial charge in [-0.15, -0.1) is 0 Å². The number of amides is 2. The topological polar surface area (TPSA) is 67.2 Å². The van der Waals surface area contributed by atoms with Crippen LogP contribution in [0.5, 0.6) is 0 Å². The van der Waals surface area contributed by atoms with E-state index in [9.17, 15) is 9.59 Å². The molecule has 0 saturated carbocycles. The third-order valence-corrected chi connectivity index (χ3v) is 5.58. The number of aryl methyl sites for hydroxylation is 1. The first-order valence-corrected chi connectivity index (χ1v) is 10.3. The van der Waals surface area contributed by atoms with E-state index in [1.807, 2.05) is 90.4 Å². The first-order valence-electron chi connectivity index (χ1n) is 10.3. The molecule has 154 valence electrons. The average Bonchev–Trinajstić information content (AvgIpc) is 3.27. The molecule has 1 atom stereocenters. The number of benzene rings is 3. The van der Waals surface area contributed by atoms with Crippen molar-refractivity contribution in [1.29, 1.82) is 0 Å². The number of aromatic nitrogens is 2. The summed E-state index contributed by atoms with van der Waals surface area (Å²) in [5.41, 5.74) is 4.52. The second-order valence-corrected chi connectivity index (χ2v) is 7.81. The number of imidazole rings is 1. The molecular formula is C25H22N4O2. The van der Waals surface area contributed by atoms with Gasteiger partial charge in [0, 0.05) is 5.69 Å². The van der Waals surface area contributed by atoms with Gasteiger partial charge in [-0.1, -0.05) is 60.2 Å². The first kappa shape index (κ1) is 19.1. The van der Waals surface area contributed by atoms with E-state index in [0.717, 1.165) is 27.8 Å². The number of anilines is 2. The number of nitrogens with zero attached hydrogens (tertiary/aromatic N) is 3. The molecule has 1 aromatic heterocycles. The zero-order valence-electron chi connectivity index (χ0n) is 17.2. The predicted molar refractivity (Wildman–Crippen MR) is 121 cm³/mol. The number of carbonyl (C=O) groups is 2. The molecule has 0 aliphatic carbocycles. The van der Waals surface area contributed by atoms with Crippen molar-refractivity contribution in [1.82, 2.24) is 9.55 Å². The Labute approximate surface area is 180 Å².